The van der Waals surface area contributed by atoms with Gasteiger partial charge in [0.15, 0.2) is 0 Å². The maximum atomic E-state index is 13.5. The molecule has 4 rings (SSSR count). The van der Waals surface area contributed by atoms with Crippen LogP contribution in [0.15, 0.2) is 48.8 Å². The first-order chi connectivity index (χ1) is 14.0. The highest BCUT2D eigenvalue weighted by Gasteiger charge is 2.29. The Morgan fingerprint density at radius 1 is 1.10 bits per heavy atom. The van der Waals surface area contributed by atoms with Crippen molar-refractivity contribution in [1.82, 2.24) is 19.7 Å². The molecule has 0 radical (unpaired) electrons. The number of hydrogen-bond donors (Lipinski definition) is 1. The molecule has 0 amide bonds. The lowest BCUT2D eigenvalue weighted by molar-refractivity contribution is -0.137. The summed E-state index contributed by atoms with van der Waals surface area (Å²) >= 11 is 0. The van der Waals surface area contributed by atoms with Crippen molar-refractivity contribution < 1.29 is 14.3 Å². The number of aliphatic carboxylic acids is 1. The number of pyridine rings is 1. The molecule has 3 heterocycles. The molecule has 0 atom stereocenters. The van der Waals surface area contributed by atoms with E-state index in [0.29, 0.717) is 5.69 Å². The molecule has 1 aliphatic rings. The Hall–Kier alpha value is -3.06. The van der Waals surface area contributed by atoms with Crippen LogP contribution in [0.25, 0.3) is 22.4 Å². The Bertz CT molecular complexity index is 994. The molecule has 0 spiro atoms. The fourth-order valence-corrected chi connectivity index (χ4v) is 4.03. The maximum absolute atomic E-state index is 13.5. The molecule has 7 heteroatoms. The van der Waals surface area contributed by atoms with E-state index >= 15 is 0 Å². The lowest BCUT2D eigenvalue weighted by Gasteiger charge is -2.30. The molecule has 1 N–H and O–H groups in total. The molecule has 0 saturated carbocycles. The van der Waals surface area contributed by atoms with Crippen LogP contribution < -0.4 is 0 Å². The third-order valence-electron chi connectivity index (χ3n) is 5.47. The van der Waals surface area contributed by atoms with E-state index in [-0.39, 0.29) is 18.3 Å². The SMILES string of the molecule is CN1CCC(c2c(-c3ccncc3)c(-c3ccc(F)cc3)nn2CC(=O)O)CC1. The highest BCUT2D eigenvalue weighted by molar-refractivity contribution is 5.83. The number of benzene rings is 1. The van der Waals surface area contributed by atoms with Crippen molar-refractivity contribution in [2.24, 2.45) is 0 Å². The Kier molecular flexibility index (Phi) is 5.40. The molecule has 1 fully saturated rings. The van der Waals surface area contributed by atoms with E-state index in [1.54, 1.807) is 29.2 Å². The summed E-state index contributed by atoms with van der Waals surface area (Å²) in [4.78, 5) is 18.0. The molecule has 0 aliphatic carbocycles. The average molecular weight is 394 g/mol. The predicted octanol–water partition coefficient (Wildman–Crippen LogP) is 3.65. The van der Waals surface area contributed by atoms with Crippen molar-refractivity contribution in [2.45, 2.75) is 25.3 Å². The van der Waals surface area contributed by atoms with E-state index < -0.39 is 5.97 Å². The third-order valence-corrected chi connectivity index (χ3v) is 5.47. The molecule has 3 aromatic rings. The number of piperidine rings is 1. The van der Waals surface area contributed by atoms with E-state index in [2.05, 4.69) is 16.9 Å². The summed E-state index contributed by atoms with van der Waals surface area (Å²) in [5.41, 5.74) is 4.22. The van der Waals surface area contributed by atoms with Crippen molar-refractivity contribution in [3.8, 4) is 22.4 Å². The average Bonchev–Trinajstić information content (AvgIpc) is 3.08. The molecule has 1 saturated heterocycles. The van der Waals surface area contributed by atoms with Gasteiger partial charge in [-0.1, -0.05) is 0 Å². The van der Waals surface area contributed by atoms with Gasteiger partial charge in [0.25, 0.3) is 0 Å². The van der Waals surface area contributed by atoms with Crippen LogP contribution in [0.1, 0.15) is 24.5 Å². The maximum Gasteiger partial charge on any atom is 0.325 e. The molecule has 150 valence electrons. The Balaban J connectivity index is 1.93. The number of rotatable bonds is 5. The summed E-state index contributed by atoms with van der Waals surface area (Å²) in [5.74, 6) is -1.05. The van der Waals surface area contributed by atoms with Crippen molar-refractivity contribution in [3.05, 3.63) is 60.3 Å². The lowest BCUT2D eigenvalue weighted by atomic mass is 9.87. The Morgan fingerprint density at radius 2 is 1.76 bits per heavy atom. The molecular weight excluding hydrogens is 371 g/mol. The molecule has 0 bridgehead atoms. The van der Waals surface area contributed by atoms with Crippen LogP contribution in [0.3, 0.4) is 0 Å². The van der Waals surface area contributed by atoms with Gasteiger partial charge in [-0.3, -0.25) is 14.5 Å². The number of nitrogens with zero attached hydrogens (tertiary/aromatic N) is 4. The van der Waals surface area contributed by atoms with Gasteiger partial charge in [0, 0.05) is 29.4 Å². The molecule has 29 heavy (non-hydrogen) atoms. The number of hydrogen-bond acceptors (Lipinski definition) is 4. The first-order valence-corrected chi connectivity index (χ1v) is 9.70. The minimum absolute atomic E-state index is 0.204. The first-order valence-electron chi connectivity index (χ1n) is 9.70. The number of carboxylic acid groups (broad SMARTS) is 1. The second-order valence-corrected chi connectivity index (χ2v) is 7.48. The molecule has 1 aliphatic heterocycles. The molecule has 2 aromatic heterocycles. The van der Waals surface area contributed by atoms with Gasteiger partial charge in [0.05, 0.1) is 5.69 Å². The fourth-order valence-electron chi connectivity index (χ4n) is 4.03. The van der Waals surface area contributed by atoms with Crippen LogP contribution in [-0.2, 0) is 11.3 Å². The smallest absolute Gasteiger partial charge is 0.325 e. The highest BCUT2D eigenvalue weighted by Crippen LogP contribution is 2.41. The van der Waals surface area contributed by atoms with E-state index in [1.165, 1.54) is 12.1 Å². The lowest BCUT2D eigenvalue weighted by Crippen LogP contribution is -2.30. The van der Waals surface area contributed by atoms with Crippen molar-refractivity contribution in [1.29, 1.82) is 0 Å². The standard InChI is InChI=1S/C22H23FN4O2/c1-26-12-8-17(9-13-26)22-20(15-6-10-24-11-7-15)21(25-27(22)14-19(28)29)16-2-4-18(23)5-3-16/h2-7,10-11,17H,8-9,12-14H2,1H3,(H,28,29). The van der Waals surface area contributed by atoms with Gasteiger partial charge in [-0.05, 0) is 74.9 Å². The molecule has 6 nitrogen and oxygen atoms in total. The first kappa shape index (κ1) is 19.3. The minimum Gasteiger partial charge on any atom is -0.480 e. The van der Waals surface area contributed by atoms with Crippen LogP contribution in [-0.4, -0.2) is 50.9 Å². The fraction of sp³-hybridized carbons (Fsp3) is 0.318. The summed E-state index contributed by atoms with van der Waals surface area (Å²) in [6, 6.07) is 9.99. The Labute approximate surface area is 168 Å². The van der Waals surface area contributed by atoms with Gasteiger partial charge >= 0.3 is 5.97 Å². The summed E-state index contributed by atoms with van der Waals surface area (Å²) in [6.45, 7) is 1.69. The zero-order valence-electron chi connectivity index (χ0n) is 16.3. The molecule has 1 aromatic carbocycles. The van der Waals surface area contributed by atoms with Crippen molar-refractivity contribution in [2.75, 3.05) is 20.1 Å². The van der Waals surface area contributed by atoms with Gasteiger partial charge in [-0.15, -0.1) is 0 Å². The summed E-state index contributed by atoms with van der Waals surface area (Å²) in [5, 5.41) is 14.2. The monoisotopic (exact) mass is 394 g/mol. The predicted molar refractivity (Wildman–Crippen MR) is 108 cm³/mol. The van der Waals surface area contributed by atoms with E-state index in [9.17, 15) is 14.3 Å². The second kappa shape index (κ2) is 8.13. The quantitative estimate of drug-likeness (QED) is 0.715. The van der Waals surface area contributed by atoms with Crippen LogP contribution in [0.5, 0.6) is 0 Å². The molecule has 0 unspecified atom stereocenters. The van der Waals surface area contributed by atoms with Gasteiger partial charge in [0.2, 0.25) is 0 Å². The van der Waals surface area contributed by atoms with Crippen molar-refractivity contribution in [3.63, 3.8) is 0 Å². The number of likely N-dealkylation sites (tertiary alicyclic amines) is 1. The number of halogens is 1. The summed E-state index contributed by atoms with van der Waals surface area (Å²) < 4.78 is 15.1. The highest BCUT2D eigenvalue weighted by atomic mass is 19.1. The second-order valence-electron chi connectivity index (χ2n) is 7.48. The zero-order chi connectivity index (χ0) is 20.4. The summed E-state index contributed by atoms with van der Waals surface area (Å²) in [6.07, 6.45) is 5.30. The Morgan fingerprint density at radius 3 is 2.38 bits per heavy atom. The third kappa shape index (κ3) is 4.05. The van der Waals surface area contributed by atoms with Gasteiger partial charge in [0.1, 0.15) is 18.1 Å². The summed E-state index contributed by atoms with van der Waals surface area (Å²) in [7, 11) is 2.10. The topological polar surface area (TPSA) is 71.2 Å². The number of carbonyl (C=O) groups is 1. The van der Waals surface area contributed by atoms with Crippen molar-refractivity contribution >= 4 is 5.97 Å². The normalized spacial score (nSPS) is 15.5. The van der Waals surface area contributed by atoms with Gasteiger partial charge in [-0.25, -0.2) is 4.39 Å². The van der Waals surface area contributed by atoms with Crippen LogP contribution in [0.2, 0.25) is 0 Å². The number of carboxylic acids is 1. The molecular formula is C22H23FN4O2. The van der Waals surface area contributed by atoms with E-state index in [1.807, 2.05) is 12.1 Å². The minimum atomic E-state index is -0.936. The number of aromatic nitrogens is 3. The van der Waals surface area contributed by atoms with Crippen LogP contribution in [0.4, 0.5) is 4.39 Å². The van der Waals surface area contributed by atoms with Crippen LogP contribution in [0, 0.1) is 5.82 Å². The van der Waals surface area contributed by atoms with E-state index in [0.717, 1.165) is 48.3 Å². The largest absolute Gasteiger partial charge is 0.480 e. The van der Waals surface area contributed by atoms with Gasteiger partial charge in [-0.2, -0.15) is 5.10 Å². The van der Waals surface area contributed by atoms with Gasteiger partial charge < -0.3 is 10.0 Å². The van der Waals surface area contributed by atoms with E-state index in [4.69, 9.17) is 5.10 Å². The van der Waals surface area contributed by atoms with Crippen LogP contribution >= 0.6 is 0 Å². The zero-order valence-corrected chi connectivity index (χ0v) is 16.3.